The number of aromatic hydroxyl groups is 1. The van der Waals surface area contributed by atoms with Crippen LogP contribution in [0.3, 0.4) is 0 Å². The molecule has 0 saturated carbocycles. The van der Waals surface area contributed by atoms with Crippen LogP contribution in [0.1, 0.15) is 10.4 Å². The summed E-state index contributed by atoms with van der Waals surface area (Å²) in [5.74, 6) is -0.837. The molecule has 0 fully saturated rings. The van der Waals surface area contributed by atoms with Crippen molar-refractivity contribution in [1.29, 1.82) is 0 Å². The maximum atomic E-state index is 11.6. The zero-order valence-corrected chi connectivity index (χ0v) is 10.6. The summed E-state index contributed by atoms with van der Waals surface area (Å²) in [5.41, 5.74) is 0.512. The number of carbonyl (C=O) groups is 2. The zero-order valence-electron chi connectivity index (χ0n) is 9.79. The van der Waals surface area contributed by atoms with Crippen LogP contribution < -0.4 is 10.6 Å². The molecule has 2 aromatic rings. The number of pyridine rings is 1. The van der Waals surface area contributed by atoms with Crippen molar-refractivity contribution in [3.05, 3.63) is 40.7 Å². The summed E-state index contributed by atoms with van der Waals surface area (Å²) in [6, 6.07) is 4.62. The van der Waals surface area contributed by atoms with Crippen molar-refractivity contribution in [1.82, 2.24) is 10.3 Å². The van der Waals surface area contributed by atoms with Crippen molar-refractivity contribution in [2.24, 2.45) is 0 Å². The predicted octanol–water partition coefficient (Wildman–Crippen LogP) is 1.22. The lowest BCUT2D eigenvalue weighted by Crippen LogP contribution is -2.32. The first kappa shape index (κ1) is 13.0. The number of amides is 2. The van der Waals surface area contributed by atoms with Gasteiger partial charge in [-0.1, -0.05) is 0 Å². The summed E-state index contributed by atoms with van der Waals surface area (Å²) < 4.78 is 0. The van der Waals surface area contributed by atoms with E-state index < -0.39 is 5.91 Å². The van der Waals surface area contributed by atoms with Gasteiger partial charge in [-0.05, 0) is 23.6 Å². The van der Waals surface area contributed by atoms with Gasteiger partial charge in [0.05, 0.1) is 6.54 Å². The Morgan fingerprint density at radius 1 is 1.37 bits per heavy atom. The fourth-order valence-electron chi connectivity index (χ4n) is 1.33. The normalized spacial score (nSPS) is 9.89. The van der Waals surface area contributed by atoms with Gasteiger partial charge >= 0.3 is 0 Å². The molecule has 0 aliphatic carbocycles. The number of thiophene rings is 1. The molecule has 2 amide bonds. The van der Waals surface area contributed by atoms with Crippen molar-refractivity contribution in [3.8, 4) is 5.75 Å². The predicted molar refractivity (Wildman–Crippen MR) is 71.2 cm³/mol. The van der Waals surface area contributed by atoms with Gasteiger partial charge < -0.3 is 15.7 Å². The number of hydrogen-bond donors (Lipinski definition) is 3. The quantitative estimate of drug-likeness (QED) is 0.783. The highest BCUT2D eigenvalue weighted by Gasteiger charge is 2.10. The third kappa shape index (κ3) is 3.52. The molecule has 2 rings (SSSR count). The summed E-state index contributed by atoms with van der Waals surface area (Å²) in [7, 11) is 0. The molecule has 6 nitrogen and oxygen atoms in total. The van der Waals surface area contributed by atoms with E-state index in [1.807, 2.05) is 0 Å². The maximum absolute atomic E-state index is 11.6. The first-order chi connectivity index (χ1) is 9.16. The van der Waals surface area contributed by atoms with Crippen LogP contribution in [0.5, 0.6) is 5.75 Å². The van der Waals surface area contributed by atoms with Gasteiger partial charge in [0.15, 0.2) is 11.6 Å². The number of nitrogens with one attached hydrogen (secondary N) is 2. The first-order valence-electron chi connectivity index (χ1n) is 5.41. The zero-order chi connectivity index (χ0) is 13.7. The highest BCUT2D eigenvalue weighted by atomic mass is 32.1. The molecule has 0 aliphatic rings. The summed E-state index contributed by atoms with van der Waals surface area (Å²) in [5, 5.41) is 17.8. The Morgan fingerprint density at radius 3 is 2.89 bits per heavy atom. The van der Waals surface area contributed by atoms with Gasteiger partial charge in [-0.3, -0.25) is 9.59 Å². The number of nitrogens with zero attached hydrogens (tertiary/aromatic N) is 1. The van der Waals surface area contributed by atoms with E-state index in [-0.39, 0.29) is 24.0 Å². The van der Waals surface area contributed by atoms with Crippen LogP contribution in [0.2, 0.25) is 0 Å². The van der Waals surface area contributed by atoms with E-state index >= 15 is 0 Å². The smallest absolute Gasteiger partial charge is 0.252 e. The van der Waals surface area contributed by atoms with E-state index in [1.165, 1.54) is 23.6 Å². The molecule has 0 aliphatic heterocycles. The molecule has 7 heteroatoms. The second-order valence-electron chi connectivity index (χ2n) is 3.61. The van der Waals surface area contributed by atoms with Crippen molar-refractivity contribution in [2.75, 3.05) is 11.9 Å². The lowest BCUT2D eigenvalue weighted by molar-refractivity contribution is -0.115. The first-order valence-corrected chi connectivity index (χ1v) is 6.35. The number of carbonyl (C=O) groups excluding carboxylic acids is 2. The van der Waals surface area contributed by atoms with Gasteiger partial charge in [0.25, 0.3) is 5.91 Å². The minimum absolute atomic E-state index is 0.0669. The molecular formula is C12H11N3O3S. The molecule has 2 aromatic heterocycles. The molecule has 19 heavy (non-hydrogen) atoms. The van der Waals surface area contributed by atoms with Crippen LogP contribution in [0.25, 0.3) is 0 Å². The Balaban J connectivity index is 1.86. The van der Waals surface area contributed by atoms with Gasteiger partial charge in [-0.15, -0.1) is 0 Å². The molecule has 2 heterocycles. The molecule has 0 saturated heterocycles. The molecule has 0 bridgehead atoms. The van der Waals surface area contributed by atoms with E-state index in [0.717, 1.165) is 0 Å². The molecule has 0 radical (unpaired) electrons. The van der Waals surface area contributed by atoms with Crippen LogP contribution in [0.4, 0.5) is 5.82 Å². The Kier molecular flexibility index (Phi) is 4.09. The standard InChI is InChI=1S/C12H11N3O3S/c16-9-2-1-4-13-11(9)15-10(17)6-14-12(18)8-3-5-19-7-8/h1-5,7,16H,6H2,(H,14,18)(H,13,15,17). The highest BCUT2D eigenvalue weighted by molar-refractivity contribution is 7.08. The summed E-state index contributed by atoms with van der Waals surface area (Å²) >= 11 is 1.40. The Labute approximate surface area is 113 Å². The minimum Gasteiger partial charge on any atom is -0.504 e. The van der Waals surface area contributed by atoms with E-state index in [9.17, 15) is 14.7 Å². The number of hydrogen-bond acceptors (Lipinski definition) is 5. The second kappa shape index (κ2) is 5.96. The molecule has 0 aromatic carbocycles. The van der Waals surface area contributed by atoms with Gasteiger partial charge in [0, 0.05) is 17.1 Å². The molecule has 98 valence electrons. The van der Waals surface area contributed by atoms with Crippen LogP contribution in [0.15, 0.2) is 35.2 Å². The van der Waals surface area contributed by atoms with Crippen molar-refractivity contribution < 1.29 is 14.7 Å². The van der Waals surface area contributed by atoms with Crippen LogP contribution in [-0.4, -0.2) is 28.4 Å². The lowest BCUT2D eigenvalue weighted by atomic mass is 10.3. The van der Waals surface area contributed by atoms with Gasteiger partial charge in [0.2, 0.25) is 5.91 Å². The van der Waals surface area contributed by atoms with E-state index in [2.05, 4.69) is 15.6 Å². The van der Waals surface area contributed by atoms with Crippen LogP contribution >= 0.6 is 11.3 Å². The Hall–Kier alpha value is -2.41. The van der Waals surface area contributed by atoms with Gasteiger partial charge in [-0.25, -0.2) is 4.98 Å². The number of anilines is 1. The summed E-state index contributed by atoms with van der Waals surface area (Å²) in [4.78, 5) is 26.9. The van der Waals surface area contributed by atoms with Crippen LogP contribution in [0, 0.1) is 0 Å². The average molecular weight is 277 g/mol. The SMILES string of the molecule is O=C(CNC(=O)c1ccsc1)Nc1ncccc1O. The molecule has 3 N–H and O–H groups in total. The largest absolute Gasteiger partial charge is 0.504 e. The topological polar surface area (TPSA) is 91.3 Å². The monoisotopic (exact) mass is 277 g/mol. The van der Waals surface area contributed by atoms with Gasteiger partial charge in [0.1, 0.15) is 0 Å². The Morgan fingerprint density at radius 2 is 2.21 bits per heavy atom. The fourth-order valence-corrected chi connectivity index (χ4v) is 1.96. The van der Waals surface area contributed by atoms with Gasteiger partial charge in [-0.2, -0.15) is 11.3 Å². The molecular weight excluding hydrogens is 266 g/mol. The highest BCUT2D eigenvalue weighted by Crippen LogP contribution is 2.17. The van der Waals surface area contributed by atoms with Crippen molar-refractivity contribution in [2.45, 2.75) is 0 Å². The second-order valence-corrected chi connectivity index (χ2v) is 4.39. The number of rotatable bonds is 4. The fraction of sp³-hybridized carbons (Fsp3) is 0.0833. The maximum Gasteiger partial charge on any atom is 0.252 e. The summed E-state index contributed by atoms with van der Waals surface area (Å²) in [6.45, 7) is -0.190. The molecule has 0 spiro atoms. The Bertz CT molecular complexity index is 584. The third-order valence-corrected chi connectivity index (χ3v) is 2.92. The van der Waals surface area contributed by atoms with E-state index in [0.29, 0.717) is 5.56 Å². The van der Waals surface area contributed by atoms with Crippen molar-refractivity contribution in [3.63, 3.8) is 0 Å². The average Bonchev–Trinajstić information content (AvgIpc) is 2.93. The number of aromatic nitrogens is 1. The van der Waals surface area contributed by atoms with Crippen molar-refractivity contribution >= 4 is 29.0 Å². The molecule has 0 unspecified atom stereocenters. The minimum atomic E-state index is -0.461. The summed E-state index contributed by atoms with van der Waals surface area (Å²) in [6.07, 6.45) is 1.44. The molecule has 0 atom stereocenters. The van der Waals surface area contributed by atoms with E-state index in [1.54, 1.807) is 22.9 Å². The lowest BCUT2D eigenvalue weighted by Gasteiger charge is -2.06. The van der Waals surface area contributed by atoms with E-state index in [4.69, 9.17) is 0 Å². The third-order valence-electron chi connectivity index (χ3n) is 2.24. The van der Waals surface area contributed by atoms with Crippen LogP contribution in [-0.2, 0) is 4.79 Å².